The first-order chi connectivity index (χ1) is 9.72. The number of nitrogens with one attached hydrogen (secondary N) is 1. The zero-order chi connectivity index (χ0) is 13.9. The van der Waals surface area contributed by atoms with Gasteiger partial charge in [0.2, 0.25) is 0 Å². The van der Waals surface area contributed by atoms with Gasteiger partial charge in [0.05, 0.1) is 6.04 Å². The maximum Gasteiger partial charge on any atom is 0.0563 e. The Morgan fingerprint density at radius 1 is 1.05 bits per heavy atom. The molecule has 3 rings (SSSR count). The van der Waals surface area contributed by atoms with Crippen molar-refractivity contribution in [2.24, 2.45) is 0 Å². The van der Waals surface area contributed by atoms with Gasteiger partial charge in [0.15, 0.2) is 0 Å². The van der Waals surface area contributed by atoms with E-state index in [1.54, 1.807) is 0 Å². The molecule has 1 saturated heterocycles. The minimum absolute atomic E-state index is 0.545. The van der Waals surface area contributed by atoms with Gasteiger partial charge in [-0.2, -0.15) is 0 Å². The quantitative estimate of drug-likeness (QED) is 0.921. The first-order valence-electron chi connectivity index (χ1n) is 7.40. The summed E-state index contributed by atoms with van der Waals surface area (Å²) in [5.74, 6) is 0. The number of aromatic nitrogens is 1. The molecule has 0 spiro atoms. The van der Waals surface area contributed by atoms with Crippen LogP contribution in [-0.4, -0.2) is 28.7 Å². The topological polar surface area (TPSA) is 20.2 Å². The summed E-state index contributed by atoms with van der Waals surface area (Å²) < 4.78 is 2.22. The van der Waals surface area contributed by atoms with E-state index in [4.69, 9.17) is 0 Å². The molecule has 3 nitrogen and oxygen atoms in total. The molecule has 2 heterocycles. The monoisotopic (exact) mass is 269 g/mol. The highest BCUT2D eigenvalue weighted by Gasteiger charge is 2.22. The molecular weight excluding hydrogens is 246 g/mol. The van der Waals surface area contributed by atoms with Crippen molar-refractivity contribution in [2.45, 2.75) is 32.9 Å². The van der Waals surface area contributed by atoms with Gasteiger partial charge in [0, 0.05) is 31.0 Å². The van der Waals surface area contributed by atoms with E-state index in [1.165, 1.54) is 29.9 Å². The molecule has 0 aliphatic carbocycles. The number of likely N-dealkylation sites (tertiary alicyclic amines) is 1. The highest BCUT2D eigenvalue weighted by Crippen LogP contribution is 2.15. The van der Waals surface area contributed by atoms with Gasteiger partial charge >= 0.3 is 0 Å². The largest absolute Gasteiger partial charge is 0.322 e. The molecule has 1 aliphatic rings. The van der Waals surface area contributed by atoms with E-state index in [0.717, 1.165) is 13.1 Å². The van der Waals surface area contributed by atoms with Crippen LogP contribution in [-0.2, 0) is 6.54 Å². The third kappa shape index (κ3) is 2.88. The summed E-state index contributed by atoms with van der Waals surface area (Å²) >= 11 is 0. The van der Waals surface area contributed by atoms with Gasteiger partial charge in [-0.05, 0) is 38.0 Å². The third-order valence-electron chi connectivity index (χ3n) is 4.10. The molecular formula is C17H23N3. The van der Waals surface area contributed by atoms with Crippen molar-refractivity contribution in [1.82, 2.24) is 9.58 Å². The highest BCUT2D eigenvalue weighted by molar-refractivity contribution is 5.17. The number of benzene rings is 1. The average molecular weight is 269 g/mol. The lowest BCUT2D eigenvalue weighted by atomic mass is 10.2. The normalized spacial score (nSPS) is 19.4. The minimum Gasteiger partial charge on any atom is -0.322 e. The Labute approximate surface area is 121 Å². The number of aryl methyl sites for hydroxylation is 2. The zero-order valence-corrected chi connectivity index (χ0v) is 12.3. The van der Waals surface area contributed by atoms with Gasteiger partial charge in [-0.25, -0.2) is 0 Å². The minimum atomic E-state index is 0.545. The fraction of sp³-hybridized carbons (Fsp3) is 0.412. The van der Waals surface area contributed by atoms with E-state index >= 15 is 0 Å². The lowest BCUT2D eigenvalue weighted by molar-refractivity contribution is 0.327. The SMILES string of the molecule is Cc1ccc(C)n1NC1CCN(Cc2ccccc2)C1. The smallest absolute Gasteiger partial charge is 0.0563 e. The molecule has 1 aromatic carbocycles. The van der Waals surface area contributed by atoms with Crippen LogP contribution in [0.5, 0.6) is 0 Å². The Balaban J connectivity index is 1.57. The van der Waals surface area contributed by atoms with Crippen LogP contribution in [0.25, 0.3) is 0 Å². The standard InChI is InChI=1S/C17H23N3/c1-14-8-9-15(2)20(14)18-17-10-11-19(13-17)12-16-6-4-3-5-7-16/h3-9,17-18H,10-13H2,1-2H3. The van der Waals surface area contributed by atoms with Crippen LogP contribution in [0.1, 0.15) is 23.4 Å². The second-order valence-electron chi connectivity index (χ2n) is 5.79. The Kier molecular flexibility index (Phi) is 3.79. The van der Waals surface area contributed by atoms with Crippen LogP contribution in [0.15, 0.2) is 42.5 Å². The van der Waals surface area contributed by atoms with Gasteiger partial charge in [-0.3, -0.25) is 9.58 Å². The second-order valence-corrected chi connectivity index (χ2v) is 5.79. The second kappa shape index (κ2) is 5.71. The van der Waals surface area contributed by atoms with E-state index in [-0.39, 0.29) is 0 Å². The van der Waals surface area contributed by atoms with E-state index < -0.39 is 0 Å². The zero-order valence-electron chi connectivity index (χ0n) is 12.3. The van der Waals surface area contributed by atoms with Crippen molar-refractivity contribution >= 4 is 0 Å². The summed E-state index contributed by atoms with van der Waals surface area (Å²) in [4.78, 5) is 2.53. The molecule has 1 aliphatic heterocycles. The summed E-state index contributed by atoms with van der Waals surface area (Å²) in [5, 5.41) is 0. The predicted molar refractivity (Wildman–Crippen MR) is 83.4 cm³/mol. The van der Waals surface area contributed by atoms with Gasteiger partial charge in [-0.15, -0.1) is 0 Å². The summed E-state index contributed by atoms with van der Waals surface area (Å²) in [5.41, 5.74) is 7.62. The van der Waals surface area contributed by atoms with E-state index in [0.29, 0.717) is 6.04 Å². The summed E-state index contributed by atoms with van der Waals surface area (Å²) in [6.45, 7) is 7.65. The van der Waals surface area contributed by atoms with Crippen molar-refractivity contribution < 1.29 is 0 Å². The average Bonchev–Trinajstić information content (AvgIpc) is 3.02. The van der Waals surface area contributed by atoms with Crippen molar-refractivity contribution in [1.29, 1.82) is 0 Å². The van der Waals surface area contributed by atoms with E-state index in [1.807, 2.05) is 0 Å². The fourth-order valence-corrected chi connectivity index (χ4v) is 2.98. The molecule has 0 amide bonds. The molecule has 3 heteroatoms. The molecule has 1 unspecified atom stereocenters. The number of hydrogen-bond acceptors (Lipinski definition) is 2. The van der Waals surface area contributed by atoms with Crippen molar-refractivity contribution in [2.75, 3.05) is 18.5 Å². The number of hydrogen-bond donors (Lipinski definition) is 1. The van der Waals surface area contributed by atoms with Crippen molar-refractivity contribution in [3.05, 3.63) is 59.4 Å². The molecule has 2 aromatic rings. The lowest BCUT2D eigenvalue weighted by Gasteiger charge is -2.20. The predicted octanol–water partition coefficient (Wildman–Crippen LogP) is 2.92. The van der Waals surface area contributed by atoms with Crippen LogP contribution in [0.3, 0.4) is 0 Å². The molecule has 106 valence electrons. The first kappa shape index (κ1) is 13.3. The number of rotatable bonds is 4. The van der Waals surface area contributed by atoms with E-state index in [2.05, 4.69) is 71.3 Å². The Morgan fingerprint density at radius 3 is 2.45 bits per heavy atom. The van der Waals surface area contributed by atoms with Crippen LogP contribution in [0.2, 0.25) is 0 Å². The maximum atomic E-state index is 3.65. The molecule has 1 fully saturated rings. The molecule has 0 saturated carbocycles. The first-order valence-corrected chi connectivity index (χ1v) is 7.40. The van der Waals surface area contributed by atoms with Crippen LogP contribution < -0.4 is 5.43 Å². The molecule has 1 aromatic heterocycles. The van der Waals surface area contributed by atoms with Gasteiger partial charge in [0.1, 0.15) is 0 Å². The molecule has 0 bridgehead atoms. The van der Waals surface area contributed by atoms with Gasteiger partial charge in [-0.1, -0.05) is 30.3 Å². The van der Waals surface area contributed by atoms with Gasteiger partial charge in [0.25, 0.3) is 0 Å². The lowest BCUT2D eigenvalue weighted by Crippen LogP contribution is -2.32. The molecule has 1 N–H and O–H groups in total. The van der Waals surface area contributed by atoms with Gasteiger partial charge < -0.3 is 5.43 Å². The maximum absolute atomic E-state index is 3.65. The van der Waals surface area contributed by atoms with Crippen molar-refractivity contribution in [3.8, 4) is 0 Å². The van der Waals surface area contributed by atoms with Crippen LogP contribution >= 0.6 is 0 Å². The summed E-state index contributed by atoms with van der Waals surface area (Å²) in [6, 6.07) is 15.6. The summed E-state index contributed by atoms with van der Waals surface area (Å²) in [6.07, 6.45) is 1.21. The fourth-order valence-electron chi connectivity index (χ4n) is 2.98. The van der Waals surface area contributed by atoms with Crippen molar-refractivity contribution in [3.63, 3.8) is 0 Å². The van der Waals surface area contributed by atoms with Crippen LogP contribution in [0, 0.1) is 13.8 Å². The Morgan fingerprint density at radius 2 is 1.75 bits per heavy atom. The van der Waals surface area contributed by atoms with Crippen LogP contribution in [0.4, 0.5) is 0 Å². The molecule has 0 radical (unpaired) electrons. The van der Waals surface area contributed by atoms with E-state index in [9.17, 15) is 0 Å². The molecule has 20 heavy (non-hydrogen) atoms. The Hall–Kier alpha value is -1.74. The summed E-state index contributed by atoms with van der Waals surface area (Å²) in [7, 11) is 0. The highest BCUT2D eigenvalue weighted by atomic mass is 15.4. The third-order valence-corrected chi connectivity index (χ3v) is 4.10. The Bertz CT molecular complexity index is 539. The molecule has 1 atom stereocenters. The number of nitrogens with zero attached hydrogens (tertiary/aromatic N) is 2.